The first kappa shape index (κ1) is 21.4. The minimum Gasteiger partial charge on any atom is -0.497 e. The van der Waals surface area contributed by atoms with Gasteiger partial charge in [0.05, 0.1) is 19.9 Å². The molecule has 1 saturated carbocycles. The standard InChI is InChI=1S/C24H32N4O3/c1-30-19-8-10-22(31-2)20(17-19)21-9-11-23(26-25-21)27-12-14-28(15-13-27)24(29)16-18-6-4-3-5-7-18/h8-11,17-18H,3-7,12-16H2,1-2H3. The number of benzene rings is 1. The largest absolute Gasteiger partial charge is 0.497 e. The molecule has 0 unspecified atom stereocenters. The number of ether oxygens (including phenoxy) is 2. The van der Waals surface area contributed by atoms with E-state index in [-0.39, 0.29) is 0 Å². The minimum absolute atomic E-state index is 0.318. The first-order chi connectivity index (χ1) is 15.2. The summed E-state index contributed by atoms with van der Waals surface area (Å²) >= 11 is 0. The molecule has 1 saturated heterocycles. The van der Waals surface area contributed by atoms with Gasteiger partial charge in [0.15, 0.2) is 5.82 Å². The molecule has 0 N–H and O–H groups in total. The predicted molar refractivity (Wildman–Crippen MR) is 121 cm³/mol. The molecule has 1 aromatic carbocycles. The van der Waals surface area contributed by atoms with E-state index >= 15 is 0 Å². The van der Waals surface area contributed by atoms with Crippen molar-refractivity contribution in [3.63, 3.8) is 0 Å². The molecule has 0 bridgehead atoms. The third-order valence-electron chi connectivity index (χ3n) is 6.48. The van der Waals surface area contributed by atoms with Crippen molar-refractivity contribution in [1.82, 2.24) is 15.1 Å². The highest BCUT2D eigenvalue weighted by Crippen LogP contribution is 2.32. The van der Waals surface area contributed by atoms with Crippen molar-refractivity contribution in [3.05, 3.63) is 30.3 Å². The van der Waals surface area contributed by atoms with Crippen LogP contribution in [0.5, 0.6) is 11.5 Å². The van der Waals surface area contributed by atoms with Gasteiger partial charge in [-0.3, -0.25) is 4.79 Å². The van der Waals surface area contributed by atoms with Gasteiger partial charge in [0, 0.05) is 38.2 Å². The molecule has 1 amide bonds. The van der Waals surface area contributed by atoms with E-state index in [1.807, 2.05) is 35.2 Å². The fourth-order valence-electron chi connectivity index (χ4n) is 4.60. The van der Waals surface area contributed by atoms with Crippen LogP contribution in [0.4, 0.5) is 5.82 Å². The van der Waals surface area contributed by atoms with E-state index in [0.717, 1.165) is 61.2 Å². The molecule has 2 aliphatic rings. The second kappa shape index (κ2) is 9.98. The van der Waals surface area contributed by atoms with Crippen LogP contribution in [0.2, 0.25) is 0 Å². The maximum atomic E-state index is 12.7. The lowest BCUT2D eigenvalue weighted by molar-refractivity contribution is -0.132. The second-order valence-electron chi connectivity index (χ2n) is 8.42. The first-order valence-corrected chi connectivity index (χ1v) is 11.3. The Morgan fingerprint density at radius 2 is 1.74 bits per heavy atom. The summed E-state index contributed by atoms with van der Waals surface area (Å²) in [6.45, 7) is 3.07. The zero-order valence-electron chi connectivity index (χ0n) is 18.5. The van der Waals surface area contributed by atoms with Crippen LogP contribution in [0.3, 0.4) is 0 Å². The molecular formula is C24H32N4O3. The Hall–Kier alpha value is -2.83. The number of amides is 1. The summed E-state index contributed by atoms with van der Waals surface area (Å²) in [6, 6.07) is 9.58. The van der Waals surface area contributed by atoms with Gasteiger partial charge in [-0.25, -0.2) is 0 Å². The topological polar surface area (TPSA) is 67.8 Å². The van der Waals surface area contributed by atoms with Gasteiger partial charge in [0.25, 0.3) is 0 Å². The van der Waals surface area contributed by atoms with Crippen LogP contribution in [-0.4, -0.2) is 61.4 Å². The number of hydrogen-bond acceptors (Lipinski definition) is 6. The number of carbonyl (C=O) groups is 1. The maximum Gasteiger partial charge on any atom is 0.222 e. The quantitative estimate of drug-likeness (QED) is 0.703. The Kier molecular flexibility index (Phi) is 6.89. The summed E-state index contributed by atoms with van der Waals surface area (Å²) in [4.78, 5) is 16.9. The van der Waals surface area contributed by atoms with Crippen LogP contribution in [0, 0.1) is 5.92 Å². The highest BCUT2D eigenvalue weighted by atomic mass is 16.5. The van der Waals surface area contributed by atoms with Gasteiger partial charge >= 0.3 is 0 Å². The average Bonchev–Trinajstić information content (AvgIpc) is 2.84. The summed E-state index contributed by atoms with van der Waals surface area (Å²) in [5.74, 6) is 3.22. The lowest BCUT2D eigenvalue weighted by Gasteiger charge is -2.36. The van der Waals surface area contributed by atoms with Gasteiger partial charge in [0.1, 0.15) is 11.5 Å². The molecule has 166 valence electrons. The number of methoxy groups -OCH3 is 2. The number of aromatic nitrogens is 2. The molecule has 0 atom stereocenters. The molecular weight excluding hydrogens is 392 g/mol. The number of carbonyl (C=O) groups excluding carboxylic acids is 1. The van der Waals surface area contributed by atoms with Crippen LogP contribution < -0.4 is 14.4 Å². The molecule has 0 radical (unpaired) electrons. The Bertz CT molecular complexity index is 873. The smallest absolute Gasteiger partial charge is 0.222 e. The van der Waals surface area contributed by atoms with Crippen molar-refractivity contribution in [3.8, 4) is 22.8 Å². The third-order valence-corrected chi connectivity index (χ3v) is 6.48. The molecule has 7 heteroatoms. The summed E-state index contributed by atoms with van der Waals surface area (Å²) in [5, 5.41) is 8.88. The molecule has 1 aliphatic heterocycles. The lowest BCUT2D eigenvalue weighted by Crippen LogP contribution is -2.49. The summed E-state index contributed by atoms with van der Waals surface area (Å²) in [7, 11) is 3.28. The molecule has 4 rings (SSSR count). The maximum absolute atomic E-state index is 12.7. The molecule has 2 aromatic rings. The zero-order valence-corrected chi connectivity index (χ0v) is 18.5. The van der Waals surface area contributed by atoms with Crippen molar-refractivity contribution in [2.24, 2.45) is 5.92 Å². The predicted octanol–water partition coefficient (Wildman–Crippen LogP) is 3.78. The van der Waals surface area contributed by atoms with Gasteiger partial charge in [0.2, 0.25) is 5.91 Å². The van der Waals surface area contributed by atoms with Crippen LogP contribution >= 0.6 is 0 Å². The van der Waals surface area contributed by atoms with E-state index in [2.05, 4.69) is 15.1 Å². The number of rotatable bonds is 6. The number of nitrogens with zero attached hydrogens (tertiary/aromatic N) is 4. The van der Waals surface area contributed by atoms with Crippen LogP contribution in [0.15, 0.2) is 30.3 Å². The van der Waals surface area contributed by atoms with E-state index in [0.29, 0.717) is 11.8 Å². The molecule has 2 fully saturated rings. The van der Waals surface area contributed by atoms with Gasteiger partial charge in [-0.1, -0.05) is 19.3 Å². The Morgan fingerprint density at radius 3 is 2.39 bits per heavy atom. The lowest BCUT2D eigenvalue weighted by atomic mass is 9.86. The van der Waals surface area contributed by atoms with E-state index < -0.39 is 0 Å². The summed E-state index contributed by atoms with van der Waals surface area (Å²) in [5.41, 5.74) is 1.58. The molecule has 2 heterocycles. The number of piperazine rings is 1. The monoisotopic (exact) mass is 424 g/mol. The normalized spacial score (nSPS) is 17.5. The highest BCUT2D eigenvalue weighted by molar-refractivity contribution is 5.77. The van der Waals surface area contributed by atoms with E-state index in [4.69, 9.17) is 9.47 Å². The number of anilines is 1. The van der Waals surface area contributed by atoms with Gasteiger partial charge in [-0.2, -0.15) is 0 Å². The molecule has 1 aliphatic carbocycles. The van der Waals surface area contributed by atoms with Gasteiger partial charge in [-0.05, 0) is 49.1 Å². The first-order valence-electron chi connectivity index (χ1n) is 11.3. The van der Waals surface area contributed by atoms with Crippen molar-refractivity contribution in [2.75, 3.05) is 45.3 Å². The molecule has 7 nitrogen and oxygen atoms in total. The van der Waals surface area contributed by atoms with Crippen molar-refractivity contribution >= 4 is 11.7 Å². The summed E-state index contributed by atoms with van der Waals surface area (Å²) in [6.07, 6.45) is 7.03. The second-order valence-corrected chi connectivity index (χ2v) is 8.42. The molecule has 31 heavy (non-hydrogen) atoms. The fraction of sp³-hybridized carbons (Fsp3) is 0.542. The fourth-order valence-corrected chi connectivity index (χ4v) is 4.60. The Balaban J connectivity index is 1.36. The Morgan fingerprint density at radius 1 is 0.968 bits per heavy atom. The van der Waals surface area contributed by atoms with Crippen LogP contribution in [0.25, 0.3) is 11.3 Å². The van der Waals surface area contributed by atoms with Gasteiger partial charge in [-0.15, -0.1) is 10.2 Å². The molecule has 1 aromatic heterocycles. The minimum atomic E-state index is 0.318. The SMILES string of the molecule is COc1ccc(OC)c(-c2ccc(N3CCN(C(=O)CC4CCCCC4)CC3)nn2)c1. The van der Waals surface area contributed by atoms with E-state index in [9.17, 15) is 4.79 Å². The highest BCUT2D eigenvalue weighted by Gasteiger charge is 2.25. The van der Waals surface area contributed by atoms with Crippen molar-refractivity contribution in [2.45, 2.75) is 38.5 Å². The van der Waals surface area contributed by atoms with Crippen molar-refractivity contribution < 1.29 is 14.3 Å². The number of hydrogen-bond donors (Lipinski definition) is 0. The van der Waals surface area contributed by atoms with E-state index in [1.54, 1.807) is 14.2 Å². The van der Waals surface area contributed by atoms with E-state index in [1.165, 1.54) is 32.1 Å². The molecule has 0 spiro atoms. The van der Waals surface area contributed by atoms with Crippen molar-refractivity contribution in [1.29, 1.82) is 0 Å². The van der Waals surface area contributed by atoms with Crippen LogP contribution in [-0.2, 0) is 4.79 Å². The summed E-state index contributed by atoms with van der Waals surface area (Å²) < 4.78 is 10.8. The Labute approximate surface area is 184 Å². The average molecular weight is 425 g/mol. The van der Waals surface area contributed by atoms with Crippen LogP contribution in [0.1, 0.15) is 38.5 Å². The third kappa shape index (κ3) is 5.09. The zero-order chi connectivity index (χ0) is 21.6. The van der Waals surface area contributed by atoms with Gasteiger partial charge < -0.3 is 19.3 Å².